The quantitative estimate of drug-likeness (QED) is 0.548. The van der Waals surface area contributed by atoms with Gasteiger partial charge >= 0.3 is 12.3 Å². The Morgan fingerprint density at radius 2 is 1.94 bits per heavy atom. The predicted molar refractivity (Wildman–Crippen MR) is 109 cm³/mol. The molecule has 0 aliphatic carbocycles. The predicted octanol–water partition coefficient (Wildman–Crippen LogP) is 4.85. The van der Waals surface area contributed by atoms with E-state index in [1.54, 1.807) is 45.0 Å². The molecule has 2 unspecified atom stereocenters. The average molecular weight is 447 g/mol. The summed E-state index contributed by atoms with van der Waals surface area (Å²) in [6, 6.07) is 6.57. The fourth-order valence-corrected chi connectivity index (χ4v) is 3.08. The summed E-state index contributed by atoms with van der Waals surface area (Å²) in [5.74, 6) is -1.42. The van der Waals surface area contributed by atoms with Crippen molar-refractivity contribution in [3.63, 3.8) is 0 Å². The summed E-state index contributed by atoms with van der Waals surface area (Å²) in [6.07, 6.45) is -3.06. The molecular weight excluding hydrogens is 415 g/mol. The smallest absolute Gasteiger partial charge is 0.407 e. The summed E-state index contributed by atoms with van der Waals surface area (Å²) >= 11 is 0. The molecule has 2 rings (SSSR count). The van der Waals surface area contributed by atoms with E-state index >= 15 is 0 Å². The van der Waals surface area contributed by atoms with Crippen LogP contribution in [0.15, 0.2) is 24.3 Å². The average Bonchev–Trinajstić information content (AvgIpc) is 2.68. The van der Waals surface area contributed by atoms with E-state index in [-0.39, 0.29) is 25.9 Å². The van der Waals surface area contributed by atoms with Gasteiger partial charge in [0.2, 0.25) is 0 Å². The van der Waals surface area contributed by atoms with Crippen LogP contribution in [0.2, 0.25) is 0 Å². The first-order valence-electron chi connectivity index (χ1n) is 10.5. The van der Waals surface area contributed by atoms with Gasteiger partial charge in [-0.25, -0.2) is 4.79 Å². The van der Waals surface area contributed by atoms with Crippen LogP contribution in [0.3, 0.4) is 0 Å². The summed E-state index contributed by atoms with van der Waals surface area (Å²) in [5.41, 5.74) is -0.382. The van der Waals surface area contributed by atoms with Crippen LogP contribution in [0.5, 0.6) is 5.75 Å². The molecule has 0 radical (unpaired) electrons. The monoisotopic (exact) mass is 447 g/mol. The Bertz CT molecular complexity index is 684. The first-order valence-corrected chi connectivity index (χ1v) is 10.5. The van der Waals surface area contributed by atoms with Crippen molar-refractivity contribution in [3.05, 3.63) is 29.8 Å². The number of para-hydroxylation sites is 1. The second kappa shape index (κ2) is 11.6. The number of hydrogen-bond donors (Lipinski definition) is 1. The van der Waals surface area contributed by atoms with E-state index in [2.05, 4.69) is 5.32 Å². The van der Waals surface area contributed by atoms with Gasteiger partial charge in [-0.05, 0) is 58.1 Å². The zero-order valence-electron chi connectivity index (χ0n) is 18.3. The van der Waals surface area contributed by atoms with Gasteiger partial charge in [-0.3, -0.25) is 0 Å². The molecule has 2 atom stereocenters. The van der Waals surface area contributed by atoms with Gasteiger partial charge in [0.25, 0.3) is 0 Å². The largest absolute Gasteiger partial charge is 0.491 e. The summed E-state index contributed by atoms with van der Waals surface area (Å²) in [6.45, 7) is 5.49. The van der Waals surface area contributed by atoms with Gasteiger partial charge in [0, 0.05) is 13.2 Å². The van der Waals surface area contributed by atoms with E-state index in [9.17, 15) is 18.0 Å². The number of carbonyl (C=O) groups is 1. The molecule has 1 N–H and O–H groups in total. The van der Waals surface area contributed by atoms with Crippen LogP contribution in [0.4, 0.5) is 18.0 Å². The van der Waals surface area contributed by atoms with Crippen LogP contribution >= 0.6 is 0 Å². The van der Waals surface area contributed by atoms with Gasteiger partial charge in [0.1, 0.15) is 18.0 Å². The fraction of sp³-hybridized carbons (Fsp3) is 0.682. The molecule has 1 fully saturated rings. The second-order valence-corrected chi connectivity index (χ2v) is 8.45. The zero-order valence-corrected chi connectivity index (χ0v) is 18.3. The van der Waals surface area contributed by atoms with E-state index in [1.165, 1.54) is 0 Å². The van der Waals surface area contributed by atoms with Crippen molar-refractivity contribution in [1.29, 1.82) is 0 Å². The molecule has 176 valence electrons. The molecule has 0 spiro atoms. The van der Waals surface area contributed by atoms with Crippen molar-refractivity contribution in [2.24, 2.45) is 5.92 Å². The van der Waals surface area contributed by atoms with Crippen molar-refractivity contribution < 1.29 is 36.9 Å². The minimum Gasteiger partial charge on any atom is -0.491 e. The van der Waals surface area contributed by atoms with Crippen molar-refractivity contribution in [1.82, 2.24) is 5.32 Å². The van der Waals surface area contributed by atoms with E-state index < -0.39 is 30.3 Å². The summed E-state index contributed by atoms with van der Waals surface area (Å²) in [4.78, 5) is 11.8. The summed E-state index contributed by atoms with van der Waals surface area (Å²) in [7, 11) is 0. The SMILES string of the molecule is CC(C)(C)OC(=O)NCC(Cc1ccccc1OCCOC1CCCCO1)C(F)(F)F. The molecular formula is C22H32F3NO5. The lowest BCUT2D eigenvalue weighted by atomic mass is 9.98. The minimum atomic E-state index is -4.50. The molecule has 6 nitrogen and oxygen atoms in total. The molecule has 9 heteroatoms. The number of carbonyl (C=O) groups excluding carboxylic acids is 1. The molecule has 1 aromatic rings. The molecule has 0 saturated carbocycles. The number of alkyl halides is 3. The third kappa shape index (κ3) is 9.78. The lowest BCUT2D eigenvalue weighted by molar-refractivity contribution is -0.172. The Kier molecular flexibility index (Phi) is 9.43. The third-order valence-corrected chi connectivity index (χ3v) is 4.58. The first kappa shape index (κ1) is 25.3. The normalized spacial score (nSPS) is 18.3. The summed E-state index contributed by atoms with van der Waals surface area (Å²) < 4.78 is 62.5. The molecule has 31 heavy (non-hydrogen) atoms. The van der Waals surface area contributed by atoms with Gasteiger partial charge in [-0.1, -0.05) is 18.2 Å². The van der Waals surface area contributed by atoms with Gasteiger partial charge < -0.3 is 24.3 Å². The van der Waals surface area contributed by atoms with Gasteiger partial charge in [-0.15, -0.1) is 0 Å². The maximum atomic E-state index is 13.6. The fourth-order valence-electron chi connectivity index (χ4n) is 3.08. The lowest BCUT2D eigenvalue weighted by Crippen LogP contribution is -2.40. The maximum Gasteiger partial charge on any atom is 0.407 e. The van der Waals surface area contributed by atoms with Crippen molar-refractivity contribution in [3.8, 4) is 5.75 Å². The highest BCUT2D eigenvalue weighted by Gasteiger charge is 2.40. The third-order valence-electron chi connectivity index (χ3n) is 4.58. The molecule has 1 aliphatic rings. The highest BCUT2D eigenvalue weighted by molar-refractivity contribution is 5.67. The van der Waals surface area contributed by atoms with Gasteiger partial charge in [0.05, 0.1) is 12.5 Å². The number of hydrogen-bond acceptors (Lipinski definition) is 5. The molecule has 0 aromatic heterocycles. The van der Waals surface area contributed by atoms with Crippen LogP contribution < -0.4 is 10.1 Å². The van der Waals surface area contributed by atoms with Gasteiger partial charge in [-0.2, -0.15) is 13.2 Å². The lowest BCUT2D eigenvalue weighted by Gasteiger charge is -2.24. The van der Waals surface area contributed by atoms with Crippen molar-refractivity contribution >= 4 is 6.09 Å². The van der Waals surface area contributed by atoms with E-state index in [4.69, 9.17) is 18.9 Å². The number of benzene rings is 1. The minimum absolute atomic E-state index is 0.198. The van der Waals surface area contributed by atoms with E-state index in [0.717, 1.165) is 19.3 Å². The molecule has 1 aliphatic heterocycles. The number of ether oxygens (including phenoxy) is 4. The molecule has 1 saturated heterocycles. The number of amides is 1. The summed E-state index contributed by atoms with van der Waals surface area (Å²) in [5, 5.41) is 2.22. The molecule has 1 heterocycles. The Morgan fingerprint density at radius 3 is 2.58 bits per heavy atom. The Balaban J connectivity index is 1.90. The first-order chi connectivity index (χ1) is 14.5. The molecule has 0 bridgehead atoms. The second-order valence-electron chi connectivity index (χ2n) is 8.45. The standard InChI is InChI=1S/C22H32F3NO5/c1-21(2,3)31-20(27)26-15-17(22(23,24)25)14-16-8-4-5-9-18(16)28-12-13-30-19-10-6-7-11-29-19/h4-5,8-9,17,19H,6-7,10-15H2,1-3H3,(H,26,27). The van der Waals surface area contributed by atoms with Crippen molar-refractivity contribution in [2.45, 2.75) is 64.5 Å². The van der Waals surface area contributed by atoms with E-state index in [1.807, 2.05) is 0 Å². The topological polar surface area (TPSA) is 66.0 Å². The van der Waals surface area contributed by atoms with Gasteiger partial charge in [0.15, 0.2) is 6.29 Å². The van der Waals surface area contributed by atoms with Crippen LogP contribution in [-0.4, -0.2) is 50.5 Å². The van der Waals surface area contributed by atoms with Crippen LogP contribution in [0, 0.1) is 5.92 Å². The molecule has 1 amide bonds. The Labute approximate surface area is 181 Å². The van der Waals surface area contributed by atoms with Crippen LogP contribution in [0.1, 0.15) is 45.6 Å². The highest BCUT2D eigenvalue weighted by atomic mass is 19.4. The number of halogens is 3. The Hall–Kier alpha value is -2.00. The van der Waals surface area contributed by atoms with Crippen LogP contribution in [-0.2, 0) is 20.6 Å². The van der Waals surface area contributed by atoms with Crippen LogP contribution in [0.25, 0.3) is 0 Å². The molecule has 1 aromatic carbocycles. The number of alkyl carbamates (subject to hydrolysis) is 1. The maximum absolute atomic E-state index is 13.6. The number of rotatable bonds is 9. The zero-order chi connectivity index (χ0) is 22.9. The van der Waals surface area contributed by atoms with Crippen molar-refractivity contribution in [2.75, 3.05) is 26.4 Å². The van der Waals surface area contributed by atoms with E-state index in [0.29, 0.717) is 17.9 Å². The number of nitrogens with one attached hydrogen (secondary N) is 1. The highest BCUT2D eigenvalue weighted by Crippen LogP contribution is 2.31. The Morgan fingerprint density at radius 1 is 1.19 bits per heavy atom.